The molecule has 2 aromatic rings. The lowest BCUT2D eigenvalue weighted by atomic mass is 10.3. The van der Waals surface area contributed by atoms with Crippen LogP contribution in [-0.4, -0.2) is 41.2 Å². The van der Waals surface area contributed by atoms with E-state index in [2.05, 4.69) is 10.2 Å². The summed E-state index contributed by atoms with van der Waals surface area (Å²) < 4.78 is 17.8. The first-order valence-corrected chi connectivity index (χ1v) is 10.1. The fraction of sp³-hybridized carbons (Fsp3) is 0.421. The highest BCUT2D eigenvalue weighted by Crippen LogP contribution is 2.15. The second-order valence-electron chi connectivity index (χ2n) is 6.23. The van der Waals surface area contributed by atoms with Crippen molar-refractivity contribution < 1.29 is 13.4 Å². The predicted octanol–water partition coefficient (Wildman–Crippen LogP) is 2.80. The second-order valence-corrected chi connectivity index (χ2v) is 7.68. The molecule has 134 valence electrons. The van der Waals surface area contributed by atoms with Gasteiger partial charge < -0.3 is 14.6 Å². The maximum Gasteiger partial charge on any atom is 0.286 e. The highest BCUT2D eigenvalue weighted by molar-refractivity contribution is 7.84. The molecule has 1 saturated heterocycles. The van der Waals surface area contributed by atoms with E-state index in [0.29, 0.717) is 12.3 Å². The number of rotatable bonds is 8. The summed E-state index contributed by atoms with van der Waals surface area (Å²) in [6.45, 7) is 4.02. The molecule has 1 aliphatic heterocycles. The van der Waals surface area contributed by atoms with Crippen molar-refractivity contribution in [3.8, 4) is 0 Å². The summed E-state index contributed by atoms with van der Waals surface area (Å²) in [5.74, 6) is 0.899. The van der Waals surface area contributed by atoms with Gasteiger partial charge in [0, 0.05) is 11.4 Å². The number of furan rings is 1. The molecule has 0 aliphatic carbocycles. The average Bonchev–Trinajstić information content (AvgIpc) is 3.31. The van der Waals surface area contributed by atoms with Crippen molar-refractivity contribution in [2.45, 2.75) is 29.9 Å². The molecule has 6 heteroatoms. The summed E-state index contributed by atoms with van der Waals surface area (Å²) in [4.78, 5) is 15.3. The predicted molar refractivity (Wildman–Crippen MR) is 97.9 cm³/mol. The molecule has 0 saturated carbocycles. The minimum absolute atomic E-state index is 0.210. The summed E-state index contributed by atoms with van der Waals surface area (Å²) in [5, 5.41) is 2.89. The fourth-order valence-electron chi connectivity index (χ4n) is 2.96. The van der Waals surface area contributed by atoms with Crippen molar-refractivity contribution in [2.75, 3.05) is 26.2 Å². The van der Waals surface area contributed by atoms with Crippen LogP contribution in [-0.2, 0) is 16.6 Å². The molecule has 1 aromatic carbocycles. The van der Waals surface area contributed by atoms with Crippen LogP contribution in [0.5, 0.6) is 0 Å². The Morgan fingerprint density at radius 1 is 1.12 bits per heavy atom. The van der Waals surface area contributed by atoms with E-state index in [1.54, 1.807) is 12.1 Å². The van der Waals surface area contributed by atoms with E-state index in [4.69, 9.17) is 4.42 Å². The number of carbonyl (C=O) groups is 1. The maximum absolute atomic E-state index is 12.3. The zero-order chi connectivity index (χ0) is 17.5. The topological polar surface area (TPSA) is 62.6 Å². The van der Waals surface area contributed by atoms with Crippen LogP contribution < -0.4 is 5.32 Å². The van der Waals surface area contributed by atoms with Gasteiger partial charge in [-0.05, 0) is 63.2 Å². The molecule has 1 fully saturated rings. The van der Waals surface area contributed by atoms with E-state index < -0.39 is 10.8 Å². The molecule has 1 unspecified atom stereocenters. The van der Waals surface area contributed by atoms with Crippen molar-refractivity contribution in [3.05, 3.63) is 54.0 Å². The molecule has 0 spiro atoms. The van der Waals surface area contributed by atoms with E-state index in [1.807, 2.05) is 30.3 Å². The average molecular weight is 360 g/mol. The Morgan fingerprint density at radius 3 is 2.64 bits per heavy atom. The lowest BCUT2D eigenvalue weighted by molar-refractivity contribution is 0.0923. The van der Waals surface area contributed by atoms with Crippen LogP contribution in [0.25, 0.3) is 0 Å². The SMILES string of the molecule is O=C(NCCCN1CCCC1)c1ccc(CS(=O)c2ccccc2)o1. The van der Waals surface area contributed by atoms with Gasteiger partial charge in [0.15, 0.2) is 5.76 Å². The first-order chi connectivity index (χ1) is 12.2. The van der Waals surface area contributed by atoms with Gasteiger partial charge >= 0.3 is 0 Å². The molecule has 1 aromatic heterocycles. The Balaban J connectivity index is 1.44. The lowest BCUT2D eigenvalue weighted by Gasteiger charge is -2.13. The monoisotopic (exact) mass is 360 g/mol. The van der Waals surface area contributed by atoms with Gasteiger partial charge in [-0.1, -0.05) is 18.2 Å². The number of benzene rings is 1. The van der Waals surface area contributed by atoms with Crippen molar-refractivity contribution in [1.82, 2.24) is 10.2 Å². The zero-order valence-electron chi connectivity index (χ0n) is 14.3. The van der Waals surface area contributed by atoms with Crippen LogP contribution in [0.4, 0.5) is 0 Å². The van der Waals surface area contributed by atoms with Gasteiger partial charge in [-0.3, -0.25) is 9.00 Å². The third-order valence-corrected chi connectivity index (χ3v) is 5.64. The highest BCUT2D eigenvalue weighted by atomic mass is 32.2. The smallest absolute Gasteiger partial charge is 0.286 e. The van der Waals surface area contributed by atoms with Crippen molar-refractivity contribution in [2.24, 2.45) is 0 Å². The molecule has 2 heterocycles. The summed E-state index contributed by atoms with van der Waals surface area (Å²) in [6.07, 6.45) is 3.51. The number of likely N-dealkylation sites (tertiary alicyclic amines) is 1. The zero-order valence-corrected chi connectivity index (χ0v) is 15.1. The molecule has 5 nitrogen and oxygen atoms in total. The third kappa shape index (κ3) is 5.28. The Hall–Kier alpha value is -1.92. The minimum atomic E-state index is -1.17. The van der Waals surface area contributed by atoms with Gasteiger partial charge in [0.2, 0.25) is 0 Å². The molecular formula is C19H24N2O3S. The van der Waals surface area contributed by atoms with Gasteiger partial charge in [-0.15, -0.1) is 0 Å². The highest BCUT2D eigenvalue weighted by Gasteiger charge is 2.14. The van der Waals surface area contributed by atoms with Crippen molar-refractivity contribution in [1.29, 1.82) is 0 Å². The fourth-order valence-corrected chi connectivity index (χ4v) is 4.00. The summed E-state index contributed by atoms with van der Waals surface area (Å²) in [6, 6.07) is 12.6. The number of hydrogen-bond acceptors (Lipinski definition) is 4. The molecule has 1 atom stereocenters. The standard InChI is InChI=1S/C19H24N2O3S/c22-19(20-11-6-14-21-12-4-5-13-21)18-10-9-16(24-18)15-25(23)17-7-2-1-3-8-17/h1-3,7-10H,4-6,11-15H2,(H,20,22). The van der Waals surface area contributed by atoms with Gasteiger partial charge in [-0.2, -0.15) is 0 Å². The molecule has 1 N–H and O–H groups in total. The molecule has 1 amide bonds. The van der Waals surface area contributed by atoms with Gasteiger partial charge in [0.1, 0.15) is 5.76 Å². The van der Waals surface area contributed by atoms with Gasteiger partial charge in [-0.25, -0.2) is 0 Å². The normalized spacial score (nSPS) is 16.0. The minimum Gasteiger partial charge on any atom is -0.455 e. The Bertz CT molecular complexity index is 708. The van der Waals surface area contributed by atoms with E-state index in [0.717, 1.165) is 17.9 Å². The third-order valence-electron chi connectivity index (χ3n) is 4.30. The summed E-state index contributed by atoms with van der Waals surface area (Å²) in [7, 11) is -1.17. The Morgan fingerprint density at radius 2 is 1.88 bits per heavy atom. The summed E-state index contributed by atoms with van der Waals surface area (Å²) >= 11 is 0. The van der Waals surface area contributed by atoms with E-state index in [1.165, 1.54) is 25.9 Å². The van der Waals surface area contributed by atoms with Crippen LogP contribution in [0.1, 0.15) is 35.6 Å². The van der Waals surface area contributed by atoms with E-state index in [-0.39, 0.29) is 17.4 Å². The largest absolute Gasteiger partial charge is 0.455 e. The number of nitrogens with zero attached hydrogens (tertiary/aromatic N) is 1. The van der Waals surface area contributed by atoms with E-state index in [9.17, 15) is 9.00 Å². The lowest BCUT2D eigenvalue weighted by Crippen LogP contribution is -2.28. The quantitative estimate of drug-likeness (QED) is 0.736. The first-order valence-electron chi connectivity index (χ1n) is 8.75. The Labute approximate surface area is 150 Å². The second kappa shape index (κ2) is 8.97. The van der Waals surface area contributed by atoms with Crippen LogP contribution in [0, 0.1) is 0 Å². The van der Waals surface area contributed by atoms with Gasteiger partial charge in [0.05, 0.1) is 16.6 Å². The van der Waals surface area contributed by atoms with Gasteiger partial charge in [0.25, 0.3) is 5.91 Å². The molecule has 3 rings (SSSR count). The molecule has 0 radical (unpaired) electrons. The molecule has 25 heavy (non-hydrogen) atoms. The van der Waals surface area contributed by atoms with Crippen LogP contribution in [0.2, 0.25) is 0 Å². The number of nitrogens with one attached hydrogen (secondary N) is 1. The van der Waals surface area contributed by atoms with Crippen molar-refractivity contribution >= 4 is 16.7 Å². The molecular weight excluding hydrogens is 336 g/mol. The number of carbonyl (C=O) groups excluding carboxylic acids is 1. The van der Waals surface area contributed by atoms with Crippen molar-refractivity contribution in [3.63, 3.8) is 0 Å². The van der Waals surface area contributed by atoms with Crippen LogP contribution >= 0.6 is 0 Å². The van der Waals surface area contributed by atoms with Crippen LogP contribution in [0.3, 0.4) is 0 Å². The number of amides is 1. The number of hydrogen-bond donors (Lipinski definition) is 1. The molecule has 1 aliphatic rings. The summed E-state index contributed by atoms with van der Waals surface area (Å²) in [5.41, 5.74) is 0. The first kappa shape index (κ1) is 17.9. The Kier molecular flexibility index (Phi) is 6.42. The molecule has 0 bridgehead atoms. The maximum atomic E-state index is 12.3. The van der Waals surface area contributed by atoms with E-state index >= 15 is 0 Å². The van der Waals surface area contributed by atoms with Crippen LogP contribution in [0.15, 0.2) is 51.8 Å².